The summed E-state index contributed by atoms with van der Waals surface area (Å²) in [5, 5.41) is 0. The molecule has 1 aromatic rings. The quantitative estimate of drug-likeness (QED) is 0.735. The molecule has 0 saturated heterocycles. The Morgan fingerprint density at radius 3 is 2.31 bits per heavy atom. The van der Waals surface area contributed by atoms with Gasteiger partial charge in [0.15, 0.2) is 0 Å². The molecule has 0 spiro atoms. The summed E-state index contributed by atoms with van der Waals surface area (Å²) in [6, 6.07) is 2.64. The van der Waals surface area contributed by atoms with Crippen molar-refractivity contribution < 1.29 is 16.7 Å². The van der Waals surface area contributed by atoms with Crippen molar-refractivity contribution in [2.45, 2.75) is 11.8 Å². The van der Waals surface area contributed by atoms with Gasteiger partial charge in [-0.15, -0.1) is 3.89 Å². The second-order valence-electron chi connectivity index (χ2n) is 2.45. The first kappa shape index (κ1) is 10.6. The minimum absolute atomic E-state index is 0.0828. The SMILES string of the molecule is Cc1ccc(Br)c(S(=O)(=O)F)c1F. The highest BCUT2D eigenvalue weighted by Gasteiger charge is 2.22. The van der Waals surface area contributed by atoms with Crippen molar-refractivity contribution in [1.82, 2.24) is 0 Å². The average Bonchev–Trinajstić information content (AvgIpc) is 1.95. The minimum Gasteiger partial charge on any atom is -0.205 e. The van der Waals surface area contributed by atoms with Crippen molar-refractivity contribution in [3.63, 3.8) is 0 Å². The van der Waals surface area contributed by atoms with Crippen LogP contribution in [0, 0.1) is 12.7 Å². The number of halogens is 3. The molecule has 0 aliphatic heterocycles. The molecule has 0 aromatic heterocycles. The van der Waals surface area contributed by atoms with E-state index >= 15 is 0 Å². The molecule has 2 nitrogen and oxygen atoms in total. The largest absolute Gasteiger partial charge is 0.336 e. The van der Waals surface area contributed by atoms with Crippen LogP contribution in [0.15, 0.2) is 21.5 Å². The molecule has 6 heteroatoms. The van der Waals surface area contributed by atoms with Crippen LogP contribution in [0.3, 0.4) is 0 Å². The van der Waals surface area contributed by atoms with Crippen LogP contribution >= 0.6 is 15.9 Å². The fourth-order valence-corrected chi connectivity index (χ4v) is 2.42. The Labute approximate surface area is 82.9 Å². The second-order valence-corrected chi connectivity index (χ2v) is 4.58. The Morgan fingerprint density at radius 2 is 1.92 bits per heavy atom. The third-order valence-electron chi connectivity index (χ3n) is 1.49. The second kappa shape index (κ2) is 3.34. The Bertz CT molecular complexity index is 442. The fourth-order valence-electron chi connectivity index (χ4n) is 0.854. The molecule has 0 atom stereocenters. The van der Waals surface area contributed by atoms with Crippen LogP contribution < -0.4 is 0 Å². The third kappa shape index (κ3) is 2.05. The van der Waals surface area contributed by atoms with E-state index in [1.807, 2.05) is 0 Å². The van der Waals surface area contributed by atoms with Crippen molar-refractivity contribution in [2.75, 3.05) is 0 Å². The Morgan fingerprint density at radius 1 is 1.38 bits per heavy atom. The predicted octanol–water partition coefficient (Wildman–Crippen LogP) is 2.55. The van der Waals surface area contributed by atoms with Crippen LogP contribution in [-0.4, -0.2) is 8.42 Å². The molecule has 0 aliphatic carbocycles. The van der Waals surface area contributed by atoms with Gasteiger partial charge in [-0.1, -0.05) is 6.07 Å². The molecule has 0 saturated carbocycles. The van der Waals surface area contributed by atoms with E-state index in [4.69, 9.17) is 0 Å². The summed E-state index contributed by atoms with van der Waals surface area (Å²) in [5.74, 6) is -1.06. The van der Waals surface area contributed by atoms with E-state index in [9.17, 15) is 16.7 Å². The first-order valence-corrected chi connectivity index (χ1v) is 5.41. The summed E-state index contributed by atoms with van der Waals surface area (Å²) >= 11 is 2.76. The summed E-state index contributed by atoms with van der Waals surface area (Å²) in [4.78, 5) is -0.937. The lowest BCUT2D eigenvalue weighted by molar-refractivity contribution is 0.529. The molecule has 1 aromatic carbocycles. The first-order chi connectivity index (χ1) is 5.84. The monoisotopic (exact) mass is 270 g/mol. The molecule has 0 amide bonds. The third-order valence-corrected chi connectivity index (χ3v) is 3.30. The van der Waals surface area contributed by atoms with Gasteiger partial charge in [0.2, 0.25) is 0 Å². The predicted molar refractivity (Wildman–Crippen MR) is 47.1 cm³/mol. The summed E-state index contributed by atoms with van der Waals surface area (Å²) in [7, 11) is -5.01. The smallest absolute Gasteiger partial charge is 0.205 e. The number of rotatable bonds is 1. The molecule has 0 heterocycles. The van der Waals surface area contributed by atoms with Crippen LogP contribution in [0.4, 0.5) is 8.28 Å². The van der Waals surface area contributed by atoms with Gasteiger partial charge in [0.05, 0.1) is 0 Å². The molecule has 1 rings (SSSR count). The molecular weight excluding hydrogens is 266 g/mol. The van der Waals surface area contributed by atoms with Crippen molar-refractivity contribution in [3.8, 4) is 0 Å². The van der Waals surface area contributed by atoms with Crippen LogP contribution in [0.1, 0.15) is 5.56 Å². The highest BCUT2D eigenvalue weighted by atomic mass is 79.9. The fraction of sp³-hybridized carbons (Fsp3) is 0.143. The maximum Gasteiger partial charge on any atom is 0.336 e. The van der Waals surface area contributed by atoms with Crippen LogP contribution in [0.25, 0.3) is 0 Å². The van der Waals surface area contributed by atoms with Gasteiger partial charge in [0, 0.05) is 4.47 Å². The van der Waals surface area contributed by atoms with E-state index in [1.165, 1.54) is 19.1 Å². The van der Waals surface area contributed by atoms with Gasteiger partial charge < -0.3 is 0 Å². The molecule has 13 heavy (non-hydrogen) atoms. The molecule has 0 unspecified atom stereocenters. The molecular formula is C7H5BrF2O2S. The van der Waals surface area contributed by atoms with Gasteiger partial charge in [-0.2, -0.15) is 8.42 Å². The maximum absolute atomic E-state index is 13.1. The van der Waals surface area contributed by atoms with E-state index in [0.29, 0.717) is 0 Å². The van der Waals surface area contributed by atoms with E-state index < -0.39 is 20.9 Å². The highest BCUT2D eigenvalue weighted by molar-refractivity contribution is 9.10. The van der Waals surface area contributed by atoms with Crippen molar-refractivity contribution >= 4 is 26.2 Å². The number of hydrogen-bond acceptors (Lipinski definition) is 2. The molecule has 0 radical (unpaired) electrons. The number of hydrogen-bond donors (Lipinski definition) is 0. The zero-order valence-electron chi connectivity index (χ0n) is 6.51. The van der Waals surface area contributed by atoms with Gasteiger partial charge >= 0.3 is 10.2 Å². The normalized spacial score (nSPS) is 11.7. The van der Waals surface area contributed by atoms with Gasteiger partial charge in [-0.3, -0.25) is 0 Å². The lowest BCUT2D eigenvalue weighted by Crippen LogP contribution is -1.99. The summed E-state index contributed by atoms with van der Waals surface area (Å²) in [6.07, 6.45) is 0. The number of benzene rings is 1. The first-order valence-electron chi connectivity index (χ1n) is 3.23. The van der Waals surface area contributed by atoms with E-state index in [-0.39, 0.29) is 10.0 Å². The Kier molecular flexibility index (Phi) is 2.72. The van der Waals surface area contributed by atoms with E-state index in [2.05, 4.69) is 15.9 Å². The molecule has 0 N–H and O–H groups in total. The van der Waals surface area contributed by atoms with Crippen LogP contribution in [0.5, 0.6) is 0 Å². The number of aryl methyl sites for hydroxylation is 1. The highest BCUT2D eigenvalue weighted by Crippen LogP contribution is 2.28. The standard InChI is InChI=1S/C7H5BrF2O2S/c1-4-2-3-5(8)7(6(4)9)13(10,11)12/h2-3H,1H3. The van der Waals surface area contributed by atoms with Gasteiger partial charge in [0.25, 0.3) is 0 Å². The lowest BCUT2D eigenvalue weighted by atomic mass is 10.2. The lowest BCUT2D eigenvalue weighted by Gasteiger charge is -2.03. The average molecular weight is 271 g/mol. The summed E-state index contributed by atoms with van der Waals surface area (Å²) in [5.41, 5.74) is 0.0828. The van der Waals surface area contributed by atoms with Gasteiger partial charge in [-0.25, -0.2) is 4.39 Å². The molecule has 0 fully saturated rings. The zero-order valence-corrected chi connectivity index (χ0v) is 8.92. The molecule has 0 bridgehead atoms. The summed E-state index contributed by atoms with van der Waals surface area (Å²) in [6.45, 7) is 1.36. The van der Waals surface area contributed by atoms with Crippen molar-refractivity contribution in [3.05, 3.63) is 28.0 Å². The van der Waals surface area contributed by atoms with E-state index in [1.54, 1.807) is 0 Å². The Balaban J connectivity index is 3.62. The topological polar surface area (TPSA) is 34.1 Å². The van der Waals surface area contributed by atoms with Crippen LogP contribution in [-0.2, 0) is 10.2 Å². The minimum atomic E-state index is -5.01. The van der Waals surface area contributed by atoms with Gasteiger partial charge in [-0.05, 0) is 34.5 Å². The van der Waals surface area contributed by atoms with Crippen molar-refractivity contribution in [1.29, 1.82) is 0 Å². The van der Waals surface area contributed by atoms with Crippen LogP contribution in [0.2, 0.25) is 0 Å². The molecule has 72 valence electrons. The summed E-state index contributed by atoms with van der Waals surface area (Å²) < 4.78 is 46.5. The zero-order chi connectivity index (χ0) is 10.2. The van der Waals surface area contributed by atoms with Crippen molar-refractivity contribution in [2.24, 2.45) is 0 Å². The van der Waals surface area contributed by atoms with Gasteiger partial charge in [0.1, 0.15) is 10.7 Å². The molecule has 0 aliphatic rings. The Hall–Kier alpha value is -0.490. The van der Waals surface area contributed by atoms with E-state index in [0.717, 1.165) is 0 Å². The maximum atomic E-state index is 13.1.